The fraction of sp³-hybridized carbons (Fsp3) is 0.571. The van der Waals surface area contributed by atoms with Crippen molar-refractivity contribution in [2.24, 2.45) is 0 Å². The number of halogens is 1. The highest BCUT2D eigenvalue weighted by molar-refractivity contribution is 9.08. The van der Waals surface area contributed by atoms with Crippen LogP contribution < -0.4 is 4.90 Å². The molecule has 1 aromatic carbocycles. The largest absolute Gasteiger partial charge is 0.370 e. The van der Waals surface area contributed by atoms with Crippen molar-refractivity contribution in [3.05, 3.63) is 29.3 Å². The zero-order chi connectivity index (χ0) is 12.4. The van der Waals surface area contributed by atoms with Crippen LogP contribution in [0.5, 0.6) is 0 Å². The quantitative estimate of drug-likeness (QED) is 0.791. The smallest absolute Gasteiger partial charge is 0.0369 e. The second kappa shape index (κ2) is 5.40. The van der Waals surface area contributed by atoms with Gasteiger partial charge < -0.3 is 9.80 Å². The molecule has 1 aliphatic rings. The predicted molar refractivity (Wildman–Crippen MR) is 78.1 cm³/mol. The maximum absolute atomic E-state index is 3.52. The van der Waals surface area contributed by atoms with E-state index in [0.717, 1.165) is 11.9 Å². The third-order valence-electron chi connectivity index (χ3n) is 3.73. The minimum absolute atomic E-state index is 0.700. The molecule has 1 unspecified atom stereocenters. The van der Waals surface area contributed by atoms with Crippen LogP contribution in [-0.2, 0) is 5.33 Å². The molecule has 1 heterocycles. The number of rotatable bonds is 3. The molecule has 0 bridgehead atoms. The van der Waals surface area contributed by atoms with Gasteiger partial charge in [0.2, 0.25) is 0 Å². The van der Waals surface area contributed by atoms with Gasteiger partial charge in [-0.15, -0.1) is 0 Å². The SMILES string of the molecule is Cc1cc(N2CCC(N(C)C)C2)ccc1CBr. The van der Waals surface area contributed by atoms with E-state index in [4.69, 9.17) is 0 Å². The van der Waals surface area contributed by atoms with E-state index in [1.54, 1.807) is 0 Å². The zero-order valence-electron chi connectivity index (χ0n) is 10.9. The Morgan fingerprint density at radius 1 is 1.41 bits per heavy atom. The van der Waals surface area contributed by atoms with E-state index in [1.165, 1.54) is 29.8 Å². The number of likely N-dealkylation sites (N-methyl/N-ethyl adjacent to an activating group) is 1. The van der Waals surface area contributed by atoms with Gasteiger partial charge in [-0.2, -0.15) is 0 Å². The fourth-order valence-electron chi connectivity index (χ4n) is 2.42. The van der Waals surface area contributed by atoms with Crippen molar-refractivity contribution in [3.8, 4) is 0 Å². The molecule has 94 valence electrons. The molecule has 1 aliphatic heterocycles. The first kappa shape index (κ1) is 12.9. The summed E-state index contributed by atoms with van der Waals surface area (Å²) in [6.07, 6.45) is 1.27. The lowest BCUT2D eigenvalue weighted by atomic mass is 10.1. The Labute approximate surface area is 113 Å². The van der Waals surface area contributed by atoms with Crippen LogP contribution in [0.1, 0.15) is 17.5 Å². The molecule has 1 fully saturated rings. The van der Waals surface area contributed by atoms with E-state index in [9.17, 15) is 0 Å². The van der Waals surface area contributed by atoms with Crippen LogP contribution in [0, 0.1) is 6.92 Å². The van der Waals surface area contributed by atoms with Gasteiger partial charge in [-0.25, -0.2) is 0 Å². The van der Waals surface area contributed by atoms with Gasteiger partial charge in [-0.3, -0.25) is 0 Å². The highest BCUT2D eigenvalue weighted by Crippen LogP contribution is 2.25. The average Bonchev–Trinajstić information content (AvgIpc) is 2.78. The lowest BCUT2D eigenvalue weighted by molar-refractivity contribution is 0.315. The van der Waals surface area contributed by atoms with Crippen molar-refractivity contribution in [2.45, 2.75) is 24.7 Å². The van der Waals surface area contributed by atoms with Crippen LogP contribution >= 0.6 is 15.9 Å². The molecule has 0 spiro atoms. The molecule has 2 rings (SSSR count). The molecule has 1 saturated heterocycles. The fourth-order valence-corrected chi connectivity index (χ4v) is 3.05. The first-order valence-corrected chi connectivity index (χ1v) is 7.31. The predicted octanol–water partition coefficient (Wildman–Crippen LogP) is 3.03. The van der Waals surface area contributed by atoms with Gasteiger partial charge in [0.1, 0.15) is 0 Å². The normalized spacial score (nSPS) is 20.3. The van der Waals surface area contributed by atoms with E-state index in [2.05, 4.69) is 64.9 Å². The summed E-state index contributed by atoms with van der Waals surface area (Å²) in [6, 6.07) is 7.50. The maximum Gasteiger partial charge on any atom is 0.0369 e. The Morgan fingerprint density at radius 3 is 2.71 bits per heavy atom. The summed E-state index contributed by atoms with van der Waals surface area (Å²) in [5.41, 5.74) is 4.14. The summed E-state index contributed by atoms with van der Waals surface area (Å²) in [7, 11) is 4.35. The summed E-state index contributed by atoms with van der Waals surface area (Å²) < 4.78 is 0. The van der Waals surface area contributed by atoms with Gasteiger partial charge in [-0.1, -0.05) is 22.0 Å². The molecule has 0 saturated carbocycles. The number of aryl methyl sites for hydroxylation is 1. The lowest BCUT2D eigenvalue weighted by Crippen LogP contribution is -2.31. The molecule has 3 heteroatoms. The van der Waals surface area contributed by atoms with E-state index in [-0.39, 0.29) is 0 Å². The molecular formula is C14H21BrN2. The van der Waals surface area contributed by atoms with Crippen molar-refractivity contribution in [3.63, 3.8) is 0 Å². The van der Waals surface area contributed by atoms with Gasteiger partial charge in [-0.05, 0) is 50.7 Å². The monoisotopic (exact) mass is 296 g/mol. The number of hydrogen-bond acceptors (Lipinski definition) is 2. The lowest BCUT2D eigenvalue weighted by Gasteiger charge is -2.22. The van der Waals surface area contributed by atoms with Gasteiger partial charge >= 0.3 is 0 Å². The summed E-state index contributed by atoms with van der Waals surface area (Å²) in [5.74, 6) is 0. The number of benzene rings is 1. The maximum atomic E-state index is 3.52. The van der Waals surface area contributed by atoms with E-state index in [1.807, 2.05) is 0 Å². The number of hydrogen-bond donors (Lipinski definition) is 0. The van der Waals surface area contributed by atoms with Gasteiger partial charge in [0, 0.05) is 30.1 Å². The van der Waals surface area contributed by atoms with Crippen molar-refractivity contribution in [1.29, 1.82) is 0 Å². The molecule has 0 radical (unpaired) electrons. The topological polar surface area (TPSA) is 6.48 Å². The molecule has 0 N–H and O–H groups in total. The van der Waals surface area contributed by atoms with Crippen molar-refractivity contribution >= 4 is 21.6 Å². The first-order chi connectivity index (χ1) is 8.11. The molecule has 0 aliphatic carbocycles. The third kappa shape index (κ3) is 2.83. The van der Waals surface area contributed by atoms with E-state index >= 15 is 0 Å². The van der Waals surface area contributed by atoms with Crippen LogP contribution in [0.2, 0.25) is 0 Å². The summed E-state index contributed by atoms with van der Waals surface area (Å²) in [4.78, 5) is 4.83. The Bertz CT molecular complexity index is 390. The van der Waals surface area contributed by atoms with Crippen LogP contribution in [0.3, 0.4) is 0 Å². The van der Waals surface area contributed by atoms with Crippen molar-refractivity contribution in [2.75, 3.05) is 32.1 Å². The third-order valence-corrected chi connectivity index (χ3v) is 4.33. The number of nitrogens with zero attached hydrogens (tertiary/aromatic N) is 2. The highest BCUT2D eigenvalue weighted by Gasteiger charge is 2.24. The van der Waals surface area contributed by atoms with Gasteiger partial charge in [0.15, 0.2) is 0 Å². The van der Waals surface area contributed by atoms with Crippen LogP contribution in [-0.4, -0.2) is 38.1 Å². The minimum Gasteiger partial charge on any atom is -0.370 e. The first-order valence-electron chi connectivity index (χ1n) is 6.18. The Morgan fingerprint density at radius 2 is 2.18 bits per heavy atom. The number of alkyl halides is 1. The van der Waals surface area contributed by atoms with Crippen LogP contribution in [0.25, 0.3) is 0 Å². The zero-order valence-corrected chi connectivity index (χ0v) is 12.5. The molecular weight excluding hydrogens is 276 g/mol. The highest BCUT2D eigenvalue weighted by atomic mass is 79.9. The second-order valence-electron chi connectivity index (χ2n) is 5.10. The van der Waals surface area contributed by atoms with Gasteiger partial charge in [0.05, 0.1) is 0 Å². The molecule has 0 amide bonds. The Kier molecular flexibility index (Phi) is 4.10. The molecule has 17 heavy (non-hydrogen) atoms. The van der Waals surface area contributed by atoms with E-state index < -0.39 is 0 Å². The molecule has 1 aromatic rings. The van der Waals surface area contributed by atoms with Crippen molar-refractivity contribution < 1.29 is 0 Å². The molecule has 2 nitrogen and oxygen atoms in total. The van der Waals surface area contributed by atoms with Crippen LogP contribution in [0.4, 0.5) is 5.69 Å². The van der Waals surface area contributed by atoms with Crippen molar-refractivity contribution in [1.82, 2.24) is 4.90 Å². The summed E-state index contributed by atoms with van der Waals surface area (Å²) in [6.45, 7) is 4.52. The molecule has 0 aromatic heterocycles. The number of anilines is 1. The minimum atomic E-state index is 0.700. The Hall–Kier alpha value is -0.540. The standard InChI is InChI=1S/C14H21BrN2/c1-11-8-13(5-4-12(11)9-15)17-7-6-14(10-17)16(2)3/h4-5,8,14H,6-7,9-10H2,1-3H3. The molecule has 1 atom stereocenters. The summed E-state index contributed by atoms with van der Waals surface area (Å²) >= 11 is 3.52. The second-order valence-corrected chi connectivity index (χ2v) is 5.66. The van der Waals surface area contributed by atoms with Crippen LogP contribution in [0.15, 0.2) is 18.2 Å². The van der Waals surface area contributed by atoms with E-state index in [0.29, 0.717) is 6.04 Å². The summed E-state index contributed by atoms with van der Waals surface area (Å²) in [5, 5.41) is 0.944. The van der Waals surface area contributed by atoms with Gasteiger partial charge in [0.25, 0.3) is 0 Å². The average molecular weight is 297 g/mol. The Balaban J connectivity index is 2.11.